The number of nitrogens with one attached hydrogen (secondary N) is 1. The standard InChI is InChI=1S/C15H22O2.C2H7N/c1-2-3-4-5-6-10-13-17-15(16)14-11-8-7-9-12-14;1-3-2/h7-9,11-12H,2-6,10,13H2,1H3;3H,1-2H3. The van der Waals surface area contributed by atoms with Crippen LogP contribution in [0.1, 0.15) is 55.8 Å². The van der Waals surface area contributed by atoms with Gasteiger partial charge in [0.25, 0.3) is 0 Å². The molecule has 0 amide bonds. The second-order valence-electron chi connectivity index (χ2n) is 4.77. The number of benzene rings is 1. The Hall–Kier alpha value is -1.35. The first kappa shape index (κ1) is 18.7. The highest BCUT2D eigenvalue weighted by molar-refractivity contribution is 5.89. The van der Waals surface area contributed by atoms with E-state index in [4.69, 9.17) is 4.74 Å². The fourth-order valence-electron chi connectivity index (χ4n) is 1.70. The Bertz CT molecular complexity index is 325. The normalized spacial score (nSPS) is 9.55. The quantitative estimate of drug-likeness (QED) is 0.576. The maximum atomic E-state index is 11.6. The number of esters is 1. The second kappa shape index (κ2) is 14.1. The summed E-state index contributed by atoms with van der Waals surface area (Å²) < 4.78 is 5.20. The van der Waals surface area contributed by atoms with Gasteiger partial charge in [-0.15, -0.1) is 0 Å². The molecule has 0 aliphatic carbocycles. The van der Waals surface area contributed by atoms with Gasteiger partial charge in [-0.05, 0) is 32.6 Å². The molecule has 0 radical (unpaired) electrons. The van der Waals surface area contributed by atoms with Crippen LogP contribution in [0.4, 0.5) is 0 Å². The molecule has 0 aliphatic heterocycles. The van der Waals surface area contributed by atoms with Crippen LogP contribution >= 0.6 is 0 Å². The Balaban J connectivity index is 0.00000110. The van der Waals surface area contributed by atoms with Gasteiger partial charge in [0.05, 0.1) is 12.2 Å². The summed E-state index contributed by atoms with van der Waals surface area (Å²) in [5.41, 5.74) is 0.637. The van der Waals surface area contributed by atoms with E-state index in [9.17, 15) is 4.79 Å². The summed E-state index contributed by atoms with van der Waals surface area (Å²) in [5.74, 6) is -0.209. The van der Waals surface area contributed by atoms with Crippen molar-refractivity contribution in [2.45, 2.75) is 45.4 Å². The molecule has 1 aromatic carbocycles. The molecule has 0 spiro atoms. The molecule has 0 atom stereocenters. The van der Waals surface area contributed by atoms with E-state index in [0.29, 0.717) is 12.2 Å². The molecule has 20 heavy (non-hydrogen) atoms. The summed E-state index contributed by atoms with van der Waals surface area (Å²) >= 11 is 0. The molecule has 0 heterocycles. The molecule has 0 saturated heterocycles. The van der Waals surface area contributed by atoms with Gasteiger partial charge in [0.2, 0.25) is 0 Å². The first-order chi connectivity index (χ1) is 9.76. The van der Waals surface area contributed by atoms with E-state index >= 15 is 0 Å². The van der Waals surface area contributed by atoms with E-state index in [1.54, 1.807) is 12.1 Å². The highest BCUT2D eigenvalue weighted by atomic mass is 16.5. The number of ether oxygens (including phenoxy) is 1. The number of hydrogen-bond donors (Lipinski definition) is 1. The van der Waals surface area contributed by atoms with Crippen LogP contribution in [0.3, 0.4) is 0 Å². The van der Waals surface area contributed by atoms with Crippen LogP contribution < -0.4 is 5.32 Å². The van der Waals surface area contributed by atoms with Crippen molar-refractivity contribution in [2.75, 3.05) is 20.7 Å². The molecular formula is C17H29NO2. The topological polar surface area (TPSA) is 38.3 Å². The van der Waals surface area contributed by atoms with Gasteiger partial charge in [0, 0.05) is 0 Å². The minimum absolute atomic E-state index is 0.209. The maximum Gasteiger partial charge on any atom is 0.338 e. The van der Waals surface area contributed by atoms with Crippen molar-refractivity contribution in [3.63, 3.8) is 0 Å². The van der Waals surface area contributed by atoms with Crippen LogP contribution in [-0.2, 0) is 4.74 Å². The molecule has 0 saturated carbocycles. The van der Waals surface area contributed by atoms with E-state index in [1.165, 1.54) is 25.7 Å². The Morgan fingerprint density at radius 2 is 1.55 bits per heavy atom. The Morgan fingerprint density at radius 1 is 1.00 bits per heavy atom. The molecule has 0 aliphatic rings. The molecular weight excluding hydrogens is 250 g/mol. The predicted octanol–water partition coefficient (Wildman–Crippen LogP) is 4.04. The van der Waals surface area contributed by atoms with Crippen molar-refractivity contribution < 1.29 is 9.53 Å². The van der Waals surface area contributed by atoms with Gasteiger partial charge in [-0.3, -0.25) is 0 Å². The van der Waals surface area contributed by atoms with Gasteiger partial charge in [-0.2, -0.15) is 0 Å². The summed E-state index contributed by atoms with van der Waals surface area (Å²) in [6, 6.07) is 9.15. The van der Waals surface area contributed by atoms with Crippen LogP contribution in [0.5, 0.6) is 0 Å². The molecule has 0 aromatic heterocycles. The lowest BCUT2D eigenvalue weighted by Gasteiger charge is -2.04. The molecule has 3 nitrogen and oxygen atoms in total. The van der Waals surface area contributed by atoms with Crippen LogP contribution in [0.2, 0.25) is 0 Å². The largest absolute Gasteiger partial charge is 0.462 e. The van der Waals surface area contributed by atoms with E-state index in [2.05, 4.69) is 12.2 Å². The average Bonchev–Trinajstić information content (AvgIpc) is 2.48. The summed E-state index contributed by atoms with van der Waals surface area (Å²) in [7, 11) is 3.75. The van der Waals surface area contributed by atoms with E-state index in [1.807, 2.05) is 32.3 Å². The van der Waals surface area contributed by atoms with Crippen LogP contribution in [0.15, 0.2) is 30.3 Å². The highest BCUT2D eigenvalue weighted by Crippen LogP contribution is 2.06. The molecule has 1 N–H and O–H groups in total. The minimum atomic E-state index is -0.209. The van der Waals surface area contributed by atoms with E-state index in [0.717, 1.165) is 12.8 Å². The fraction of sp³-hybridized carbons (Fsp3) is 0.588. The lowest BCUT2D eigenvalue weighted by molar-refractivity contribution is 0.0497. The third-order valence-corrected chi connectivity index (χ3v) is 2.74. The van der Waals surface area contributed by atoms with Gasteiger partial charge < -0.3 is 10.1 Å². The summed E-state index contributed by atoms with van der Waals surface area (Å²) in [6.45, 7) is 2.75. The third-order valence-electron chi connectivity index (χ3n) is 2.74. The van der Waals surface area contributed by atoms with Crippen molar-refractivity contribution >= 4 is 5.97 Å². The van der Waals surface area contributed by atoms with Crippen molar-refractivity contribution in [1.29, 1.82) is 0 Å². The van der Waals surface area contributed by atoms with Crippen LogP contribution in [-0.4, -0.2) is 26.7 Å². The van der Waals surface area contributed by atoms with E-state index in [-0.39, 0.29) is 5.97 Å². The number of carbonyl (C=O) groups is 1. The molecule has 0 bridgehead atoms. The van der Waals surface area contributed by atoms with E-state index < -0.39 is 0 Å². The van der Waals surface area contributed by atoms with Crippen LogP contribution in [0.25, 0.3) is 0 Å². The van der Waals surface area contributed by atoms with Crippen molar-refractivity contribution in [2.24, 2.45) is 0 Å². The van der Waals surface area contributed by atoms with Crippen LogP contribution in [0, 0.1) is 0 Å². The smallest absolute Gasteiger partial charge is 0.338 e. The van der Waals surface area contributed by atoms with Gasteiger partial charge >= 0.3 is 5.97 Å². The molecule has 1 aromatic rings. The monoisotopic (exact) mass is 279 g/mol. The zero-order valence-electron chi connectivity index (χ0n) is 13.2. The van der Waals surface area contributed by atoms with Gasteiger partial charge in [0.15, 0.2) is 0 Å². The fourth-order valence-corrected chi connectivity index (χ4v) is 1.70. The van der Waals surface area contributed by atoms with Gasteiger partial charge in [-0.25, -0.2) is 4.79 Å². The lowest BCUT2D eigenvalue weighted by Crippen LogP contribution is -2.06. The lowest BCUT2D eigenvalue weighted by atomic mass is 10.1. The van der Waals surface area contributed by atoms with Gasteiger partial charge in [-0.1, -0.05) is 57.2 Å². The first-order valence-corrected chi connectivity index (χ1v) is 7.56. The first-order valence-electron chi connectivity index (χ1n) is 7.56. The predicted molar refractivity (Wildman–Crippen MR) is 85.1 cm³/mol. The van der Waals surface area contributed by atoms with Gasteiger partial charge in [0.1, 0.15) is 0 Å². The van der Waals surface area contributed by atoms with Crippen molar-refractivity contribution in [1.82, 2.24) is 5.32 Å². The Kier molecular flexibility index (Phi) is 13.1. The SMILES string of the molecule is CCCCCCCCOC(=O)c1ccccc1.CNC. The number of hydrogen-bond acceptors (Lipinski definition) is 3. The maximum absolute atomic E-state index is 11.6. The minimum Gasteiger partial charge on any atom is -0.462 e. The number of carbonyl (C=O) groups excluding carboxylic acids is 1. The highest BCUT2D eigenvalue weighted by Gasteiger charge is 2.04. The molecule has 1 rings (SSSR count). The summed E-state index contributed by atoms with van der Waals surface area (Å²) in [5, 5.41) is 2.75. The average molecular weight is 279 g/mol. The molecule has 0 unspecified atom stereocenters. The zero-order chi connectivity index (χ0) is 15.1. The second-order valence-corrected chi connectivity index (χ2v) is 4.77. The molecule has 114 valence electrons. The van der Waals surface area contributed by atoms with Crippen molar-refractivity contribution in [3.05, 3.63) is 35.9 Å². The molecule has 3 heteroatoms. The number of rotatable bonds is 8. The Morgan fingerprint density at radius 3 is 2.15 bits per heavy atom. The third kappa shape index (κ3) is 10.6. The van der Waals surface area contributed by atoms with Crippen molar-refractivity contribution in [3.8, 4) is 0 Å². The summed E-state index contributed by atoms with van der Waals surface area (Å²) in [4.78, 5) is 11.6. The zero-order valence-corrected chi connectivity index (χ0v) is 13.2. The number of unbranched alkanes of at least 4 members (excludes halogenated alkanes) is 5. The summed E-state index contributed by atoms with van der Waals surface area (Å²) in [6.07, 6.45) is 7.25. The molecule has 0 fully saturated rings. The Labute approximate surface area is 123 Å².